The third kappa shape index (κ3) is 2.86. The van der Waals surface area contributed by atoms with E-state index in [0.29, 0.717) is 10.4 Å². The Morgan fingerprint density at radius 1 is 1.30 bits per heavy atom. The maximum Gasteiger partial charge on any atom is 0.264 e. The molecular weight excluding hydrogens is 294 g/mol. The van der Waals surface area contributed by atoms with Crippen molar-refractivity contribution in [1.29, 1.82) is 0 Å². The van der Waals surface area contributed by atoms with Crippen LogP contribution >= 0.6 is 22.9 Å². The standard InChI is InChI=1S/C14H20ClN3OS/c1-2-16-5-7-17(8-6-16)11-9-18(10-11)14(19)12-3-4-13(15)20-12/h3-4,11H,2,5-10H2,1H3. The van der Waals surface area contributed by atoms with Crippen molar-refractivity contribution in [3.05, 3.63) is 21.3 Å². The summed E-state index contributed by atoms with van der Waals surface area (Å²) in [6.45, 7) is 9.65. The predicted molar refractivity (Wildman–Crippen MR) is 82.7 cm³/mol. The second-order valence-corrected chi connectivity index (χ2v) is 7.15. The Labute approximate surface area is 128 Å². The number of carbonyl (C=O) groups is 1. The molecule has 0 unspecified atom stereocenters. The van der Waals surface area contributed by atoms with Gasteiger partial charge in [0.15, 0.2) is 0 Å². The first-order chi connectivity index (χ1) is 9.67. The third-order valence-corrected chi connectivity index (χ3v) is 5.52. The van der Waals surface area contributed by atoms with Crippen molar-refractivity contribution in [3.63, 3.8) is 0 Å². The number of thiophene rings is 1. The minimum Gasteiger partial charge on any atom is -0.335 e. The van der Waals surface area contributed by atoms with Crippen LogP contribution < -0.4 is 0 Å². The van der Waals surface area contributed by atoms with E-state index in [9.17, 15) is 4.79 Å². The quantitative estimate of drug-likeness (QED) is 0.852. The van der Waals surface area contributed by atoms with Gasteiger partial charge >= 0.3 is 0 Å². The number of nitrogens with zero attached hydrogens (tertiary/aromatic N) is 3. The van der Waals surface area contributed by atoms with E-state index in [0.717, 1.165) is 50.7 Å². The first kappa shape index (κ1) is 14.3. The van der Waals surface area contributed by atoms with Crippen LogP contribution in [0.1, 0.15) is 16.6 Å². The fourth-order valence-corrected chi connectivity index (χ4v) is 3.89. The second kappa shape index (κ2) is 6.02. The molecule has 2 aliphatic heterocycles. The lowest BCUT2D eigenvalue weighted by Crippen LogP contribution is -2.64. The van der Waals surface area contributed by atoms with E-state index in [1.54, 1.807) is 6.07 Å². The molecule has 0 spiro atoms. The molecule has 3 heterocycles. The first-order valence-corrected chi connectivity index (χ1v) is 8.38. The van der Waals surface area contributed by atoms with Gasteiger partial charge in [0.2, 0.25) is 0 Å². The number of hydrogen-bond donors (Lipinski definition) is 0. The zero-order valence-electron chi connectivity index (χ0n) is 11.7. The van der Waals surface area contributed by atoms with Crippen molar-refractivity contribution in [2.24, 2.45) is 0 Å². The van der Waals surface area contributed by atoms with Crippen LogP contribution in [0.5, 0.6) is 0 Å². The van der Waals surface area contributed by atoms with Crippen LogP contribution in [0.25, 0.3) is 0 Å². The molecule has 0 saturated carbocycles. The smallest absolute Gasteiger partial charge is 0.264 e. The number of carbonyl (C=O) groups excluding carboxylic acids is 1. The van der Waals surface area contributed by atoms with Gasteiger partial charge in [-0.3, -0.25) is 9.69 Å². The Morgan fingerprint density at radius 3 is 2.55 bits per heavy atom. The molecule has 0 aromatic carbocycles. The van der Waals surface area contributed by atoms with Crippen molar-refractivity contribution in [2.75, 3.05) is 45.8 Å². The van der Waals surface area contributed by atoms with E-state index in [-0.39, 0.29) is 5.91 Å². The van der Waals surface area contributed by atoms with Gasteiger partial charge in [-0.1, -0.05) is 18.5 Å². The minimum absolute atomic E-state index is 0.130. The van der Waals surface area contributed by atoms with Crippen molar-refractivity contribution < 1.29 is 4.79 Å². The molecule has 3 rings (SSSR count). The molecule has 0 radical (unpaired) electrons. The van der Waals surface area contributed by atoms with Gasteiger partial charge in [0.1, 0.15) is 0 Å². The SMILES string of the molecule is CCN1CCN(C2CN(C(=O)c3ccc(Cl)s3)C2)CC1. The zero-order valence-corrected chi connectivity index (χ0v) is 13.3. The van der Waals surface area contributed by atoms with E-state index >= 15 is 0 Å². The highest BCUT2D eigenvalue weighted by molar-refractivity contribution is 7.17. The summed E-state index contributed by atoms with van der Waals surface area (Å²) in [6.07, 6.45) is 0. The van der Waals surface area contributed by atoms with Crippen LogP contribution in [0.15, 0.2) is 12.1 Å². The lowest BCUT2D eigenvalue weighted by Gasteiger charge is -2.48. The largest absolute Gasteiger partial charge is 0.335 e. The van der Waals surface area contributed by atoms with E-state index in [1.165, 1.54) is 11.3 Å². The summed E-state index contributed by atoms with van der Waals surface area (Å²) >= 11 is 7.25. The Balaban J connectivity index is 1.48. The Morgan fingerprint density at radius 2 is 2.00 bits per heavy atom. The van der Waals surface area contributed by atoms with Crippen LogP contribution in [-0.4, -0.2) is 72.5 Å². The highest BCUT2D eigenvalue weighted by atomic mass is 35.5. The van der Waals surface area contributed by atoms with Gasteiger partial charge in [-0.05, 0) is 18.7 Å². The summed E-state index contributed by atoms with van der Waals surface area (Å²) in [6, 6.07) is 4.16. The van der Waals surface area contributed by atoms with Gasteiger partial charge in [0.25, 0.3) is 5.91 Å². The molecule has 0 bridgehead atoms. The molecule has 0 atom stereocenters. The number of hydrogen-bond acceptors (Lipinski definition) is 4. The Kier molecular flexibility index (Phi) is 4.31. The molecular formula is C14H20ClN3OS. The molecule has 20 heavy (non-hydrogen) atoms. The second-order valence-electron chi connectivity index (χ2n) is 5.44. The highest BCUT2D eigenvalue weighted by Crippen LogP contribution is 2.25. The average molecular weight is 314 g/mol. The van der Waals surface area contributed by atoms with Gasteiger partial charge in [-0.25, -0.2) is 0 Å². The number of piperazine rings is 1. The average Bonchev–Trinajstić information content (AvgIpc) is 2.84. The number of amides is 1. The van der Waals surface area contributed by atoms with E-state index in [4.69, 9.17) is 11.6 Å². The molecule has 2 saturated heterocycles. The molecule has 2 aliphatic rings. The lowest BCUT2D eigenvalue weighted by molar-refractivity contribution is 0.00868. The van der Waals surface area contributed by atoms with Crippen LogP contribution in [0, 0.1) is 0 Å². The normalized spacial score (nSPS) is 22.0. The molecule has 1 aromatic rings. The van der Waals surface area contributed by atoms with Crippen molar-refractivity contribution in [3.8, 4) is 0 Å². The summed E-state index contributed by atoms with van der Waals surface area (Å²) in [7, 11) is 0. The number of rotatable bonds is 3. The minimum atomic E-state index is 0.130. The number of likely N-dealkylation sites (N-methyl/N-ethyl adjacent to an activating group) is 1. The van der Waals surface area contributed by atoms with Crippen LogP contribution in [0.2, 0.25) is 4.34 Å². The van der Waals surface area contributed by atoms with Gasteiger partial charge < -0.3 is 9.80 Å². The summed E-state index contributed by atoms with van der Waals surface area (Å²) in [5, 5.41) is 0. The highest BCUT2D eigenvalue weighted by Gasteiger charge is 2.36. The topological polar surface area (TPSA) is 26.8 Å². The summed E-state index contributed by atoms with van der Waals surface area (Å²) < 4.78 is 0.682. The summed E-state index contributed by atoms with van der Waals surface area (Å²) in [4.78, 5) is 19.9. The summed E-state index contributed by atoms with van der Waals surface area (Å²) in [5.74, 6) is 0.130. The van der Waals surface area contributed by atoms with Crippen molar-refractivity contribution in [1.82, 2.24) is 14.7 Å². The van der Waals surface area contributed by atoms with Crippen LogP contribution in [-0.2, 0) is 0 Å². The fraction of sp³-hybridized carbons (Fsp3) is 0.643. The lowest BCUT2D eigenvalue weighted by atomic mass is 10.1. The Hall–Kier alpha value is -0.620. The molecule has 0 N–H and O–H groups in total. The molecule has 1 amide bonds. The van der Waals surface area contributed by atoms with Crippen LogP contribution in [0.4, 0.5) is 0 Å². The van der Waals surface area contributed by atoms with Crippen LogP contribution in [0.3, 0.4) is 0 Å². The number of halogens is 1. The first-order valence-electron chi connectivity index (χ1n) is 7.18. The van der Waals surface area contributed by atoms with Gasteiger partial charge in [-0.15, -0.1) is 11.3 Å². The molecule has 4 nitrogen and oxygen atoms in total. The van der Waals surface area contributed by atoms with E-state index in [1.807, 2.05) is 11.0 Å². The van der Waals surface area contributed by atoms with Gasteiger partial charge in [0, 0.05) is 45.3 Å². The van der Waals surface area contributed by atoms with Gasteiger partial charge in [-0.2, -0.15) is 0 Å². The summed E-state index contributed by atoms with van der Waals surface area (Å²) in [5.41, 5.74) is 0. The molecule has 6 heteroatoms. The van der Waals surface area contributed by atoms with E-state index < -0.39 is 0 Å². The van der Waals surface area contributed by atoms with Crippen molar-refractivity contribution in [2.45, 2.75) is 13.0 Å². The number of likely N-dealkylation sites (tertiary alicyclic amines) is 1. The Bertz CT molecular complexity index is 479. The molecule has 110 valence electrons. The monoisotopic (exact) mass is 313 g/mol. The molecule has 2 fully saturated rings. The van der Waals surface area contributed by atoms with E-state index in [2.05, 4.69) is 16.7 Å². The maximum absolute atomic E-state index is 12.2. The maximum atomic E-state index is 12.2. The molecule has 1 aromatic heterocycles. The van der Waals surface area contributed by atoms with Gasteiger partial charge in [0.05, 0.1) is 9.21 Å². The molecule has 0 aliphatic carbocycles. The fourth-order valence-electron chi connectivity index (χ4n) is 2.88. The third-order valence-electron chi connectivity index (χ3n) is 4.30. The van der Waals surface area contributed by atoms with Crippen molar-refractivity contribution >= 4 is 28.8 Å². The predicted octanol–water partition coefficient (Wildman–Crippen LogP) is 1.86. The zero-order chi connectivity index (χ0) is 14.1.